The minimum atomic E-state index is -0.698. The minimum absolute atomic E-state index is 0.00150. The van der Waals surface area contributed by atoms with Crippen molar-refractivity contribution in [2.45, 2.75) is 13.8 Å². The number of nitrogens with one attached hydrogen (secondary N) is 4. The van der Waals surface area contributed by atoms with Gasteiger partial charge >= 0.3 is 0 Å². The Kier molecular flexibility index (Phi) is 8.34. The fourth-order valence-electron chi connectivity index (χ4n) is 3.06. The fraction of sp³-hybridized carbons (Fsp3) is 0.167. The van der Waals surface area contributed by atoms with Gasteiger partial charge in [-0.15, -0.1) is 0 Å². The molecule has 3 rings (SSSR count). The molecular formula is C24H24ClFN6O3. The highest BCUT2D eigenvalue weighted by molar-refractivity contribution is 6.33. The minimum Gasteiger partial charge on any atom is -0.395 e. The second-order valence-corrected chi connectivity index (χ2v) is 7.92. The van der Waals surface area contributed by atoms with Gasteiger partial charge in [0.25, 0.3) is 5.91 Å². The lowest BCUT2D eigenvalue weighted by Crippen LogP contribution is -2.27. The van der Waals surface area contributed by atoms with Gasteiger partial charge in [-0.3, -0.25) is 9.59 Å². The second-order valence-electron chi connectivity index (χ2n) is 7.51. The zero-order valence-corrected chi connectivity index (χ0v) is 19.8. The van der Waals surface area contributed by atoms with E-state index in [0.717, 1.165) is 11.6 Å². The van der Waals surface area contributed by atoms with Crippen LogP contribution in [0.15, 0.2) is 49.2 Å². The van der Waals surface area contributed by atoms with Crippen molar-refractivity contribution in [3.63, 3.8) is 0 Å². The van der Waals surface area contributed by atoms with Gasteiger partial charge in [0, 0.05) is 12.2 Å². The van der Waals surface area contributed by atoms with Gasteiger partial charge in [0.15, 0.2) is 5.82 Å². The molecule has 0 unspecified atom stereocenters. The predicted octanol–water partition coefficient (Wildman–Crippen LogP) is 4.22. The number of aryl methyl sites for hydroxylation is 2. The maximum absolute atomic E-state index is 14.3. The second kappa shape index (κ2) is 11.4. The molecule has 0 spiro atoms. The predicted molar refractivity (Wildman–Crippen MR) is 134 cm³/mol. The van der Waals surface area contributed by atoms with Crippen LogP contribution in [0.25, 0.3) is 0 Å². The molecule has 182 valence electrons. The van der Waals surface area contributed by atoms with Crippen LogP contribution in [0.1, 0.15) is 21.5 Å². The maximum Gasteiger partial charge on any atom is 0.254 e. The quantitative estimate of drug-likeness (QED) is 0.279. The van der Waals surface area contributed by atoms with Crippen LogP contribution in [-0.2, 0) is 4.79 Å². The van der Waals surface area contributed by atoms with E-state index in [1.165, 1.54) is 18.3 Å². The lowest BCUT2D eigenvalue weighted by molar-refractivity contribution is -0.111. The first-order valence-corrected chi connectivity index (χ1v) is 10.9. The number of rotatable bonds is 9. The number of hydrogen-bond donors (Lipinski definition) is 5. The zero-order chi connectivity index (χ0) is 25.5. The normalized spacial score (nSPS) is 10.4. The molecule has 5 N–H and O–H groups in total. The van der Waals surface area contributed by atoms with E-state index in [1.54, 1.807) is 19.1 Å². The molecule has 0 aliphatic carbocycles. The number of hydrogen-bond acceptors (Lipinski definition) is 7. The number of aromatic nitrogens is 2. The van der Waals surface area contributed by atoms with Crippen molar-refractivity contribution in [1.29, 1.82) is 0 Å². The van der Waals surface area contributed by atoms with E-state index in [1.807, 2.05) is 13.0 Å². The Balaban J connectivity index is 1.90. The third-order valence-electron chi connectivity index (χ3n) is 4.82. The Morgan fingerprint density at radius 3 is 2.63 bits per heavy atom. The average molecular weight is 499 g/mol. The van der Waals surface area contributed by atoms with Crippen molar-refractivity contribution < 1.29 is 19.1 Å². The van der Waals surface area contributed by atoms with E-state index < -0.39 is 11.7 Å². The molecule has 35 heavy (non-hydrogen) atoms. The first-order chi connectivity index (χ1) is 16.7. The summed E-state index contributed by atoms with van der Waals surface area (Å²) < 4.78 is 14.3. The van der Waals surface area contributed by atoms with Gasteiger partial charge in [0.05, 0.1) is 29.7 Å². The van der Waals surface area contributed by atoms with Crippen LogP contribution in [0.5, 0.6) is 0 Å². The smallest absolute Gasteiger partial charge is 0.254 e. The van der Waals surface area contributed by atoms with Gasteiger partial charge in [0.1, 0.15) is 10.8 Å². The Morgan fingerprint density at radius 1 is 1.14 bits per heavy atom. The Labute approximate surface area is 206 Å². The first-order valence-electron chi connectivity index (χ1n) is 10.5. The number of carbonyl (C=O) groups excluding carboxylic acids is 2. The van der Waals surface area contributed by atoms with Crippen LogP contribution in [0.4, 0.5) is 33.2 Å². The molecule has 0 radical (unpaired) electrons. The summed E-state index contributed by atoms with van der Waals surface area (Å²) in [6.07, 6.45) is 2.54. The van der Waals surface area contributed by atoms with Gasteiger partial charge in [-0.1, -0.05) is 24.2 Å². The van der Waals surface area contributed by atoms with Crippen LogP contribution < -0.4 is 21.3 Å². The summed E-state index contributed by atoms with van der Waals surface area (Å²) in [6, 6.07) is 7.95. The number of anilines is 5. The summed E-state index contributed by atoms with van der Waals surface area (Å²) in [5, 5.41) is 20.3. The molecule has 0 atom stereocenters. The largest absolute Gasteiger partial charge is 0.395 e. The Morgan fingerprint density at radius 2 is 1.91 bits per heavy atom. The Bertz CT molecular complexity index is 1280. The van der Waals surface area contributed by atoms with Crippen LogP contribution in [0, 0.1) is 19.7 Å². The highest BCUT2D eigenvalue weighted by Crippen LogP contribution is 2.31. The van der Waals surface area contributed by atoms with Gasteiger partial charge < -0.3 is 26.4 Å². The van der Waals surface area contributed by atoms with Gasteiger partial charge in [0.2, 0.25) is 11.9 Å². The van der Waals surface area contributed by atoms with Crippen molar-refractivity contribution in [3.05, 3.63) is 76.7 Å². The number of aliphatic hydroxyl groups excluding tert-OH is 1. The summed E-state index contributed by atoms with van der Waals surface area (Å²) in [5.74, 6) is -1.34. The summed E-state index contributed by atoms with van der Waals surface area (Å²) in [6.45, 7) is 6.74. The molecule has 0 bridgehead atoms. The van der Waals surface area contributed by atoms with Crippen molar-refractivity contribution in [2.75, 3.05) is 29.1 Å². The number of aliphatic hydroxyl groups is 1. The topological polar surface area (TPSA) is 128 Å². The maximum atomic E-state index is 14.3. The molecule has 0 aliphatic heterocycles. The third-order valence-corrected chi connectivity index (χ3v) is 5.09. The van der Waals surface area contributed by atoms with E-state index in [4.69, 9.17) is 16.7 Å². The number of nitrogens with zero attached hydrogens (tertiary/aromatic N) is 2. The van der Waals surface area contributed by atoms with Crippen LogP contribution in [0.3, 0.4) is 0 Å². The highest BCUT2D eigenvalue weighted by Gasteiger charge is 2.16. The highest BCUT2D eigenvalue weighted by atomic mass is 35.5. The average Bonchev–Trinajstić information content (AvgIpc) is 2.82. The van der Waals surface area contributed by atoms with Gasteiger partial charge in [-0.25, -0.2) is 9.37 Å². The van der Waals surface area contributed by atoms with Crippen molar-refractivity contribution >= 4 is 52.2 Å². The molecule has 0 saturated carbocycles. The first kappa shape index (κ1) is 25.6. The van der Waals surface area contributed by atoms with E-state index in [0.29, 0.717) is 22.6 Å². The van der Waals surface area contributed by atoms with Crippen LogP contribution in [-0.4, -0.2) is 40.0 Å². The van der Waals surface area contributed by atoms with Gasteiger partial charge in [-0.2, -0.15) is 4.98 Å². The Hall–Kier alpha value is -4.02. The summed E-state index contributed by atoms with van der Waals surface area (Å²) >= 11 is 6.29. The van der Waals surface area contributed by atoms with E-state index >= 15 is 0 Å². The summed E-state index contributed by atoms with van der Waals surface area (Å²) in [7, 11) is 0. The van der Waals surface area contributed by atoms with E-state index in [-0.39, 0.29) is 41.4 Å². The van der Waals surface area contributed by atoms with Crippen molar-refractivity contribution in [1.82, 2.24) is 15.3 Å². The molecule has 2 aromatic carbocycles. The van der Waals surface area contributed by atoms with Crippen molar-refractivity contribution in [2.24, 2.45) is 0 Å². The SMILES string of the molecule is C=CC(=O)Nc1cc(C)ccc1Nc1nc(Nc2cc(C(=O)NCCO)c(F)cc2C)ncc1Cl. The third kappa shape index (κ3) is 6.52. The zero-order valence-electron chi connectivity index (χ0n) is 19.1. The number of amides is 2. The molecule has 0 aliphatic rings. The van der Waals surface area contributed by atoms with Crippen LogP contribution in [0.2, 0.25) is 5.02 Å². The lowest BCUT2D eigenvalue weighted by Gasteiger charge is -2.15. The lowest BCUT2D eigenvalue weighted by atomic mass is 10.1. The van der Waals surface area contributed by atoms with E-state index in [2.05, 4.69) is 37.8 Å². The van der Waals surface area contributed by atoms with E-state index in [9.17, 15) is 14.0 Å². The standard InChI is InChI=1S/C24H24ClFN6O3/c1-4-21(34)29-20-9-13(2)5-6-18(20)30-22-16(25)12-28-24(32-22)31-19-11-15(17(26)10-14(19)3)23(35)27-7-8-33/h4-6,9-12,33H,1,7-8H2,2-3H3,(H,27,35)(H,29,34)(H2,28,30,31,32). The molecule has 1 aromatic heterocycles. The summed E-state index contributed by atoms with van der Waals surface area (Å²) in [4.78, 5) is 32.6. The molecular weight excluding hydrogens is 475 g/mol. The number of halogens is 2. The monoisotopic (exact) mass is 498 g/mol. The van der Waals surface area contributed by atoms with Gasteiger partial charge in [-0.05, 0) is 55.3 Å². The fourth-order valence-corrected chi connectivity index (χ4v) is 3.20. The molecule has 2 amide bonds. The van der Waals surface area contributed by atoms with Crippen LogP contribution >= 0.6 is 11.6 Å². The number of carbonyl (C=O) groups is 2. The molecule has 3 aromatic rings. The molecule has 1 heterocycles. The van der Waals surface area contributed by atoms with Crippen molar-refractivity contribution in [3.8, 4) is 0 Å². The summed E-state index contributed by atoms with van der Waals surface area (Å²) in [5.41, 5.74) is 2.70. The molecule has 0 fully saturated rings. The molecule has 0 saturated heterocycles. The molecule has 11 heteroatoms. The number of benzene rings is 2. The molecule has 9 nitrogen and oxygen atoms in total.